The highest BCUT2D eigenvalue weighted by molar-refractivity contribution is 6.33. The van der Waals surface area contributed by atoms with Crippen LogP contribution in [0.15, 0.2) is 36.5 Å². The Kier molecular flexibility index (Phi) is 5.65. The minimum absolute atomic E-state index is 0.250. The topological polar surface area (TPSA) is 89.9 Å². The molecular formula is C17H18ClN3O3. The molecule has 0 radical (unpaired) electrons. The second kappa shape index (κ2) is 7.70. The number of fused-ring (bicyclic) bond motifs is 1. The number of halogens is 1. The third-order valence-electron chi connectivity index (χ3n) is 3.51. The number of ether oxygens (including phenoxy) is 1. The van der Waals surface area contributed by atoms with Crippen molar-refractivity contribution >= 4 is 29.4 Å². The first kappa shape index (κ1) is 17.6. The highest BCUT2D eigenvalue weighted by atomic mass is 35.5. The summed E-state index contributed by atoms with van der Waals surface area (Å²) >= 11 is 6.38. The number of imidazole rings is 1. The summed E-state index contributed by atoms with van der Waals surface area (Å²) < 4.78 is 7.18. The molecule has 0 unspecified atom stereocenters. The van der Waals surface area contributed by atoms with E-state index in [0.29, 0.717) is 10.7 Å². The number of anilines is 1. The molecule has 2 aromatic heterocycles. The molecule has 6 nitrogen and oxygen atoms in total. The van der Waals surface area contributed by atoms with Gasteiger partial charge >= 0.3 is 0 Å². The average Bonchev–Trinajstić information content (AvgIpc) is 3.02. The molecule has 0 atom stereocenters. The summed E-state index contributed by atoms with van der Waals surface area (Å²) in [6, 6.07) is 9.45. The molecule has 0 spiro atoms. The highest BCUT2D eigenvalue weighted by Crippen LogP contribution is 2.32. The summed E-state index contributed by atoms with van der Waals surface area (Å²) in [7, 11) is 1.62. The lowest BCUT2D eigenvalue weighted by atomic mass is 10.1. The molecule has 0 fully saturated rings. The zero-order valence-electron chi connectivity index (χ0n) is 13.4. The summed E-state index contributed by atoms with van der Waals surface area (Å²) in [5, 5.41) is 7.52. The maximum Gasteiger partial charge on any atom is 0.290 e. The predicted octanol–water partition coefficient (Wildman–Crippen LogP) is 3.51. The van der Waals surface area contributed by atoms with E-state index in [1.165, 1.54) is 0 Å². The van der Waals surface area contributed by atoms with E-state index in [4.69, 9.17) is 32.0 Å². The van der Waals surface area contributed by atoms with Gasteiger partial charge in [0.2, 0.25) is 0 Å². The van der Waals surface area contributed by atoms with E-state index in [1.807, 2.05) is 34.9 Å². The Labute approximate surface area is 144 Å². The maximum absolute atomic E-state index is 8.36. The summed E-state index contributed by atoms with van der Waals surface area (Å²) in [6.45, 7) is 1.82. The van der Waals surface area contributed by atoms with Crippen molar-refractivity contribution in [3.63, 3.8) is 0 Å². The molecule has 0 bridgehead atoms. The fourth-order valence-corrected chi connectivity index (χ4v) is 2.63. The minimum Gasteiger partial charge on any atom is -0.497 e. The van der Waals surface area contributed by atoms with Gasteiger partial charge in [0.15, 0.2) is 5.65 Å². The normalized spacial score (nSPS) is 10.1. The SMILES string of the molecule is CCc1cn2c(-c3ccc(OC)cc3Cl)ccc(N)c2n1.O=CO. The number of carboxylic acid groups (broad SMARTS) is 1. The number of aryl methyl sites for hydroxylation is 1. The van der Waals surface area contributed by atoms with Crippen molar-refractivity contribution in [3.8, 4) is 17.0 Å². The largest absolute Gasteiger partial charge is 0.497 e. The van der Waals surface area contributed by atoms with Crippen molar-refractivity contribution in [2.24, 2.45) is 0 Å². The first-order chi connectivity index (χ1) is 11.5. The molecule has 7 heteroatoms. The second-order valence-corrected chi connectivity index (χ2v) is 5.31. The Morgan fingerprint density at radius 3 is 2.67 bits per heavy atom. The molecule has 3 N–H and O–H groups in total. The number of pyridine rings is 1. The van der Waals surface area contributed by atoms with E-state index in [2.05, 4.69) is 11.9 Å². The second-order valence-electron chi connectivity index (χ2n) is 4.90. The monoisotopic (exact) mass is 347 g/mol. The maximum atomic E-state index is 8.36. The van der Waals surface area contributed by atoms with Gasteiger partial charge < -0.3 is 15.6 Å². The number of nitrogens with two attached hydrogens (primary N) is 1. The van der Waals surface area contributed by atoms with Gasteiger partial charge in [-0.15, -0.1) is 0 Å². The van der Waals surface area contributed by atoms with Crippen LogP contribution in [0, 0.1) is 0 Å². The van der Waals surface area contributed by atoms with Gasteiger partial charge in [-0.2, -0.15) is 0 Å². The third-order valence-corrected chi connectivity index (χ3v) is 3.82. The van der Waals surface area contributed by atoms with E-state index in [1.54, 1.807) is 13.2 Å². The van der Waals surface area contributed by atoms with Gasteiger partial charge in [0, 0.05) is 11.8 Å². The van der Waals surface area contributed by atoms with Crippen LogP contribution < -0.4 is 10.5 Å². The summed E-state index contributed by atoms with van der Waals surface area (Å²) in [5.41, 5.74) is 10.3. The number of methoxy groups -OCH3 is 1. The van der Waals surface area contributed by atoms with Crippen LogP contribution in [0.3, 0.4) is 0 Å². The van der Waals surface area contributed by atoms with Gasteiger partial charge in [-0.25, -0.2) is 4.98 Å². The molecule has 3 aromatic rings. The Morgan fingerprint density at radius 1 is 1.38 bits per heavy atom. The lowest BCUT2D eigenvalue weighted by Gasteiger charge is -2.10. The fraction of sp³-hybridized carbons (Fsp3) is 0.176. The molecule has 0 aliphatic carbocycles. The van der Waals surface area contributed by atoms with Gasteiger partial charge in [-0.3, -0.25) is 9.20 Å². The van der Waals surface area contributed by atoms with Crippen molar-refractivity contribution in [2.75, 3.05) is 12.8 Å². The van der Waals surface area contributed by atoms with Crippen molar-refractivity contribution in [1.82, 2.24) is 9.38 Å². The molecule has 0 aliphatic rings. The molecule has 0 aliphatic heterocycles. The van der Waals surface area contributed by atoms with Crippen molar-refractivity contribution in [2.45, 2.75) is 13.3 Å². The van der Waals surface area contributed by atoms with E-state index in [9.17, 15) is 0 Å². The number of carbonyl (C=O) groups is 1. The van der Waals surface area contributed by atoms with E-state index in [-0.39, 0.29) is 6.47 Å². The number of nitrogens with zero attached hydrogens (tertiary/aromatic N) is 2. The number of hydrogen-bond donors (Lipinski definition) is 2. The zero-order chi connectivity index (χ0) is 17.7. The highest BCUT2D eigenvalue weighted by Gasteiger charge is 2.12. The van der Waals surface area contributed by atoms with E-state index < -0.39 is 0 Å². The van der Waals surface area contributed by atoms with E-state index in [0.717, 1.165) is 34.8 Å². The van der Waals surface area contributed by atoms with Crippen LogP contribution in [0.5, 0.6) is 5.75 Å². The van der Waals surface area contributed by atoms with Gasteiger partial charge in [0.25, 0.3) is 6.47 Å². The van der Waals surface area contributed by atoms with Crippen LogP contribution in [0.2, 0.25) is 5.02 Å². The number of rotatable bonds is 3. The molecule has 2 heterocycles. The van der Waals surface area contributed by atoms with Gasteiger partial charge in [-0.05, 0) is 36.8 Å². The lowest BCUT2D eigenvalue weighted by molar-refractivity contribution is -0.122. The Morgan fingerprint density at radius 2 is 2.08 bits per heavy atom. The Balaban J connectivity index is 0.000000647. The van der Waals surface area contributed by atoms with Crippen LogP contribution in [0.4, 0.5) is 5.69 Å². The van der Waals surface area contributed by atoms with Crippen molar-refractivity contribution in [3.05, 3.63) is 47.2 Å². The summed E-state index contributed by atoms with van der Waals surface area (Å²) in [5.74, 6) is 0.732. The Hall–Kier alpha value is -2.73. The smallest absolute Gasteiger partial charge is 0.290 e. The Bertz CT molecular complexity index is 862. The third kappa shape index (κ3) is 3.44. The van der Waals surface area contributed by atoms with Gasteiger partial charge in [0.05, 0.1) is 29.2 Å². The predicted molar refractivity (Wildman–Crippen MR) is 94.7 cm³/mol. The number of hydrogen-bond acceptors (Lipinski definition) is 4. The summed E-state index contributed by atoms with van der Waals surface area (Å²) in [6.07, 6.45) is 2.86. The van der Waals surface area contributed by atoms with Gasteiger partial charge in [-0.1, -0.05) is 18.5 Å². The van der Waals surface area contributed by atoms with Crippen LogP contribution in [0.25, 0.3) is 16.9 Å². The van der Waals surface area contributed by atoms with Crippen LogP contribution in [-0.4, -0.2) is 28.1 Å². The number of nitrogen functional groups attached to an aromatic ring is 1. The molecule has 3 rings (SSSR count). The molecule has 0 saturated heterocycles. The first-order valence-corrected chi connectivity index (χ1v) is 7.61. The quantitative estimate of drug-likeness (QED) is 0.707. The minimum atomic E-state index is -0.250. The lowest BCUT2D eigenvalue weighted by Crippen LogP contribution is -1.96. The van der Waals surface area contributed by atoms with Crippen molar-refractivity contribution < 1.29 is 14.6 Å². The van der Waals surface area contributed by atoms with Crippen LogP contribution in [-0.2, 0) is 11.2 Å². The fourth-order valence-electron chi connectivity index (χ4n) is 2.36. The molecule has 24 heavy (non-hydrogen) atoms. The molecule has 1 aromatic carbocycles. The van der Waals surface area contributed by atoms with Crippen LogP contribution >= 0.6 is 11.6 Å². The van der Waals surface area contributed by atoms with Gasteiger partial charge in [0.1, 0.15) is 5.75 Å². The first-order valence-electron chi connectivity index (χ1n) is 7.23. The number of benzene rings is 1. The molecule has 126 valence electrons. The molecular weight excluding hydrogens is 330 g/mol. The standard InChI is InChI=1S/C16H16ClN3O.CH2O2/c1-3-10-9-20-15(7-6-14(18)16(20)19-10)12-5-4-11(21-2)8-13(12)17;2-1-3/h4-9H,3,18H2,1-2H3;1H,(H,2,3). The average molecular weight is 348 g/mol. The van der Waals surface area contributed by atoms with Crippen molar-refractivity contribution in [1.29, 1.82) is 0 Å². The number of aromatic nitrogens is 2. The zero-order valence-corrected chi connectivity index (χ0v) is 14.1. The molecule has 0 saturated carbocycles. The summed E-state index contributed by atoms with van der Waals surface area (Å²) in [4.78, 5) is 12.9. The van der Waals surface area contributed by atoms with Crippen LogP contribution in [0.1, 0.15) is 12.6 Å². The molecule has 0 amide bonds. The van der Waals surface area contributed by atoms with E-state index >= 15 is 0 Å².